The second-order valence-electron chi connectivity index (χ2n) is 22.1. The molecule has 0 amide bonds. The quantitative estimate of drug-likeness (QED) is 0.0537. The summed E-state index contributed by atoms with van der Waals surface area (Å²) in [5, 5.41) is 0. The molecule has 0 saturated carbocycles. The van der Waals surface area contributed by atoms with Crippen LogP contribution < -0.4 is 42.1 Å². The molecule has 3 N–H and O–H groups in total. The smallest absolute Gasteiger partial charge is 0.292 e. The van der Waals surface area contributed by atoms with Gasteiger partial charge in [0.1, 0.15) is 71.7 Å². The summed E-state index contributed by atoms with van der Waals surface area (Å²) in [6.45, 7) is -0.742. The van der Waals surface area contributed by atoms with Crippen LogP contribution in [0.15, 0.2) is 139 Å². The monoisotopic (exact) mass is 1550 g/mol. The standard InChI is InChI=1S/C60H54Cl6N6O18S6/c1-70-10-7-67-52(70)31-88-58-40-13-34-19-46(91(61,73)74)21-36(55(34)85-4)15-42-27-50(95(65,81)82)29-44(59(42)89-32-53-68-8-11-71(53)2)17-38-23-48(93(63,77)78)24-39(57(38)87-6)18-45-30-51(96(66,83)84)28-43(60(45)90-33-54-69-9-12-72(54)3)16-37-22-47(92(62,75)76)20-35(56(37)86-5)14-41(58)26-49(25-40)94(64,79)80/h7-12,19-30H,13-18,31-33H2,1-6H3/p+3. The predicted octanol–water partition coefficient (Wildman–Crippen LogP) is 8.33. The number of aromatic nitrogens is 6. The van der Waals surface area contributed by atoms with Crippen molar-refractivity contribution in [3.8, 4) is 34.5 Å². The number of H-pyrrole nitrogens is 3. The van der Waals surface area contributed by atoms with Gasteiger partial charge in [-0.05, 0) is 72.8 Å². The number of ether oxygens (including phenoxy) is 6. The number of methoxy groups -OCH3 is 3. The highest BCUT2D eigenvalue weighted by atomic mass is 35.7. The molecule has 10 rings (SSSR count). The van der Waals surface area contributed by atoms with Gasteiger partial charge in [0.25, 0.3) is 71.8 Å². The number of benzene rings is 6. The minimum Gasteiger partial charge on any atom is -0.496 e. The van der Waals surface area contributed by atoms with Gasteiger partial charge in [-0.25, -0.2) is 79.2 Å². The second kappa shape index (κ2) is 27.8. The van der Waals surface area contributed by atoms with Crippen molar-refractivity contribution in [1.29, 1.82) is 0 Å². The Morgan fingerprint density at radius 2 is 0.458 bits per heavy atom. The first-order valence-electron chi connectivity index (χ1n) is 28.1. The van der Waals surface area contributed by atoms with Gasteiger partial charge in [-0.1, -0.05) is 0 Å². The molecule has 0 saturated heterocycles. The van der Waals surface area contributed by atoms with Crippen molar-refractivity contribution in [1.82, 2.24) is 15.0 Å². The van der Waals surface area contributed by atoms with E-state index in [9.17, 15) is 50.5 Å². The van der Waals surface area contributed by atoms with E-state index in [1.165, 1.54) is 94.1 Å². The molecule has 0 aliphatic heterocycles. The lowest BCUT2D eigenvalue weighted by Gasteiger charge is -2.23. The lowest BCUT2D eigenvalue weighted by molar-refractivity contribution is -0.679. The fourth-order valence-electron chi connectivity index (χ4n) is 11.5. The maximum atomic E-state index is 13.8. The van der Waals surface area contributed by atoms with Crippen molar-refractivity contribution >= 4 is 118 Å². The van der Waals surface area contributed by atoms with E-state index in [0.29, 0.717) is 17.5 Å². The number of aryl methyl sites for hydroxylation is 3. The molecule has 12 bridgehead atoms. The Hall–Kier alpha value is -6.81. The van der Waals surface area contributed by atoms with E-state index in [1.54, 1.807) is 72.0 Å². The van der Waals surface area contributed by atoms with Gasteiger partial charge in [0, 0.05) is 169 Å². The predicted molar refractivity (Wildman–Crippen MR) is 352 cm³/mol. The minimum atomic E-state index is -4.73. The summed E-state index contributed by atoms with van der Waals surface area (Å²) in [5.74, 6) is 1.15. The molecular formula is C60H57Cl6N6O18S6+3. The molecule has 96 heavy (non-hydrogen) atoms. The average Bonchev–Trinajstić information content (AvgIpc) is 0.801. The zero-order valence-corrected chi connectivity index (χ0v) is 60.6. The summed E-state index contributed by atoms with van der Waals surface area (Å²) >= 11 is 0. The first-order chi connectivity index (χ1) is 44.9. The first kappa shape index (κ1) is 71.9. The first-order valence-corrected chi connectivity index (χ1v) is 42.0. The van der Waals surface area contributed by atoms with Crippen molar-refractivity contribution in [3.63, 3.8) is 0 Å². The lowest BCUT2D eigenvalue weighted by atomic mass is 9.91. The summed E-state index contributed by atoms with van der Waals surface area (Å²) < 4.78 is 209. The number of imidazole rings is 3. The Morgan fingerprint density at radius 3 is 0.583 bits per heavy atom. The normalized spacial score (nSPS) is 13.4. The molecule has 3 aromatic heterocycles. The van der Waals surface area contributed by atoms with E-state index in [2.05, 4.69) is 15.0 Å². The molecule has 510 valence electrons. The van der Waals surface area contributed by atoms with Gasteiger partial charge in [-0.3, -0.25) is 0 Å². The number of rotatable bonds is 18. The van der Waals surface area contributed by atoms with Crippen LogP contribution >= 0.6 is 64.1 Å². The number of hydrogen-bond acceptors (Lipinski definition) is 18. The lowest BCUT2D eigenvalue weighted by Crippen LogP contribution is -2.31. The van der Waals surface area contributed by atoms with Crippen LogP contribution in [0.3, 0.4) is 0 Å². The topological polar surface area (TPSA) is 319 Å². The highest BCUT2D eigenvalue weighted by Crippen LogP contribution is 2.45. The molecule has 6 aromatic carbocycles. The maximum absolute atomic E-state index is 13.8. The number of aromatic amines is 3. The van der Waals surface area contributed by atoms with Gasteiger partial charge < -0.3 is 28.4 Å². The summed E-state index contributed by atoms with van der Waals surface area (Å²) in [5.41, 5.74) is 0.217. The van der Waals surface area contributed by atoms with Gasteiger partial charge in [0.15, 0.2) is 19.8 Å². The average molecular weight is 1560 g/mol. The molecule has 0 atom stereocenters. The van der Waals surface area contributed by atoms with Crippen LogP contribution in [-0.2, 0) is 134 Å². The Labute approximate surface area is 580 Å². The fourth-order valence-corrected chi connectivity index (χ4v) is 16.5. The second-order valence-corrected chi connectivity index (χ2v) is 37.5. The van der Waals surface area contributed by atoms with Crippen LogP contribution in [-0.4, -0.2) is 86.8 Å². The fraction of sp³-hybridized carbons (Fsp3) is 0.250. The highest BCUT2D eigenvalue weighted by Gasteiger charge is 2.32. The Morgan fingerprint density at radius 1 is 0.302 bits per heavy atom. The third-order valence-corrected chi connectivity index (χ3v) is 23.9. The summed E-state index contributed by atoms with van der Waals surface area (Å²) in [6.07, 6.45) is 7.17. The minimum absolute atomic E-state index is 0.0165. The third kappa shape index (κ3) is 16.2. The molecule has 36 heteroatoms. The van der Waals surface area contributed by atoms with Crippen LogP contribution in [0.25, 0.3) is 0 Å². The molecule has 0 spiro atoms. The van der Waals surface area contributed by atoms with Crippen LogP contribution in [0.5, 0.6) is 34.5 Å². The third-order valence-electron chi connectivity index (χ3n) is 15.9. The number of hydrogen-bond donors (Lipinski definition) is 3. The van der Waals surface area contributed by atoms with Crippen LogP contribution in [0.2, 0.25) is 0 Å². The van der Waals surface area contributed by atoms with Crippen molar-refractivity contribution < 1.29 is 92.6 Å². The van der Waals surface area contributed by atoms with Gasteiger partial charge in [-0.15, -0.1) is 0 Å². The molecule has 0 unspecified atom stereocenters. The number of nitrogens with zero attached hydrogens (tertiary/aromatic N) is 3. The number of nitrogens with one attached hydrogen (secondary N) is 3. The van der Waals surface area contributed by atoms with E-state index in [4.69, 9.17) is 92.5 Å². The summed E-state index contributed by atoms with van der Waals surface area (Å²) in [6, 6.07) is 14.2. The Kier molecular flexibility index (Phi) is 20.9. The molecule has 0 radical (unpaired) electrons. The number of halogens is 6. The van der Waals surface area contributed by atoms with E-state index in [1.807, 2.05) is 0 Å². The zero-order valence-electron chi connectivity index (χ0n) is 51.2. The molecule has 9 aromatic rings. The van der Waals surface area contributed by atoms with Gasteiger partial charge in [0.05, 0.1) is 71.8 Å². The van der Waals surface area contributed by atoms with E-state index in [-0.39, 0.29) is 121 Å². The summed E-state index contributed by atoms with van der Waals surface area (Å²) in [7, 11) is 18.0. The van der Waals surface area contributed by atoms with Crippen molar-refractivity contribution in [2.45, 2.75) is 87.7 Å². The summed E-state index contributed by atoms with van der Waals surface area (Å²) in [4.78, 5) is 6.14. The van der Waals surface area contributed by atoms with Crippen molar-refractivity contribution in [3.05, 3.63) is 194 Å². The maximum Gasteiger partial charge on any atom is 0.292 e. The van der Waals surface area contributed by atoms with Crippen LogP contribution in [0, 0.1) is 0 Å². The molecule has 0 fully saturated rings. The van der Waals surface area contributed by atoms with E-state index < -0.39 is 122 Å². The van der Waals surface area contributed by atoms with E-state index >= 15 is 0 Å². The largest absolute Gasteiger partial charge is 0.496 e. The molecule has 1 aliphatic rings. The van der Waals surface area contributed by atoms with Gasteiger partial charge >= 0.3 is 0 Å². The van der Waals surface area contributed by atoms with E-state index in [0.717, 1.165) is 0 Å². The molecule has 3 heterocycles. The van der Waals surface area contributed by atoms with Crippen LogP contribution in [0.4, 0.5) is 0 Å². The van der Waals surface area contributed by atoms with Gasteiger partial charge in [-0.2, -0.15) is 0 Å². The Bertz CT molecular complexity index is 4670. The van der Waals surface area contributed by atoms with Crippen molar-refractivity contribution in [2.75, 3.05) is 21.3 Å². The zero-order chi connectivity index (χ0) is 69.8. The van der Waals surface area contributed by atoms with Gasteiger partial charge in [0.2, 0.25) is 0 Å². The number of fused-ring (bicyclic) bond motifs is 12. The molecule has 24 nitrogen and oxygen atoms in total. The van der Waals surface area contributed by atoms with Crippen molar-refractivity contribution in [2.24, 2.45) is 21.1 Å². The Balaban J connectivity index is 1.36. The highest BCUT2D eigenvalue weighted by molar-refractivity contribution is 8.15. The SMILES string of the molecule is COc1c2cc(S(=O)(=O)Cl)cc1Cc1cc(S(=O)(=O)Cl)cc(c1OCc1[nH]cc[n+]1C)Cc1cc(S(=O)(=O)Cl)cc(c1OC)Cc1cc(S(=O)(=O)Cl)cc(c1OCc1[nH]cc[n+]1C)Cc1cc(S(=O)(=O)Cl)cc(c1OC)Cc1cc(S(=O)(=O)Cl)cc(c1OCc1[nH]cc[n+]1C)C2. The molecular weight excluding hydrogens is 1500 g/mol. The molecule has 1 aliphatic carbocycles. The van der Waals surface area contributed by atoms with Crippen LogP contribution in [0.1, 0.15) is 84.2 Å².